The Kier molecular flexibility index (Phi) is 4.54. The first-order chi connectivity index (χ1) is 8.90. The normalized spacial score (nSPS) is 20.4. The molecule has 0 bridgehead atoms. The van der Waals surface area contributed by atoms with Crippen molar-refractivity contribution in [2.24, 2.45) is 0 Å². The third-order valence-corrected chi connectivity index (χ3v) is 6.88. The number of hydrogen-bond donors (Lipinski definition) is 2. The van der Waals surface area contributed by atoms with E-state index in [1.807, 2.05) is 0 Å². The summed E-state index contributed by atoms with van der Waals surface area (Å²) in [5, 5.41) is 8.90. The Morgan fingerprint density at radius 1 is 1.53 bits per heavy atom. The molecule has 0 radical (unpaired) electrons. The van der Waals surface area contributed by atoms with Gasteiger partial charge >= 0.3 is 5.97 Å². The number of thioether (sulfide) groups is 1. The number of aromatic carboxylic acids is 1. The van der Waals surface area contributed by atoms with E-state index in [1.165, 1.54) is 6.07 Å². The van der Waals surface area contributed by atoms with Gasteiger partial charge in [0.15, 0.2) is 0 Å². The number of rotatable bonds is 4. The van der Waals surface area contributed by atoms with E-state index >= 15 is 0 Å². The summed E-state index contributed by atoms with van der Waals surface area (Å²) >= 11 is 2.72. The van der Waals surface area contributed by atoms with Crippen molar-refractivity contribution in [3.63, 3.8) is 0 Å². The van der Waals surface area contributed by atoms with Crippen LogP contribution in [0.25, 0.3) is 0 Å². The van der Waals surface area contributed by atoms with Gasteiger partial charge in [0.05, 0.1) is 4.90 Å². The molecule has 1 aliphatic heterocycles. The molecule has 19 heavy (non-hydrogen) atoms. The zero-order valence-corrected chi connectivity index (χ0v) is 12.8. The molecule has 5 nitrogen and oxygen atoms in total. The molecule has 1 aromatic rings. The SMILES string of the molecule is Cc1sc(C(=O)O)cc1S(=O)(=O)NC1CCCSC1. The largest absolute Gasteiger partial charge is 0.477 e. The topological polar surface area (TPSA) is 83.5 Å². The highest BCUT2D eigenvalue weighted by molar-refractivity contribution is 7.99. The van der Waals surface area contributed by atoms with Crippen molar-refractivity contribution >= 4 is 39.1 Å². The van der Waals surface area contributed by atoms with Crippen LogP contribution in [-0.2, 0) is 10.0 Å². The Morgan fingerprint density at radius 2 is 2.26 bits per heavy atom. The van der Waals surface area contributed by atoms with Gasteiger partial charge in [0.1, 0.15) is 4.88 Å². The van der Waals surface area contributed by atoms with Gasteiger partial charge in [-0.2, -0.15) is 11.8 Å². The van der Waals surface area contributed by atoms with Crippen molar-refractivity contribution in [3.8, 4) is 0 Å². The molecule has 0 aliphatic carbocycles. The third-order valence-electron chi connectivity index (χ3n) is 2.85. The molecule has 1 saturated heterocycles. The van der Waals surface area contributed by atoms with Gasteiger partial charge < -0.3 is 5.11 Å². The first-order valence-corrected chi connectivity index (χ1v) is 9.29. The number of carbonyl (C=O) groups is 1. The monoisotopic (exact) mass is 321 g/mol. The summed E-state index contributed by atoms with van der Waals surface area (Å²) in [6.07, 6.45) is 1.84. The van der Waals surface area contributed by atoms with Crippen LogP contribution >= 0.6 is 23.1 Å². The van der Waals surface area contributed by atoms with Crippen LogP contribution in [0.2, 0.25) is 0 Å². The van der Waals surface area contributed by atoms with E-state index in [2.05, 4.69) is 4.72 Å². The lowest BCUT2D eigenvalue weighted by Crippen LogP contribution is -2.38. The number of carboxylic acids is 1. The molecule has 0 saturated carbocycles. The molecular weight excluding hydrogens is 306 g/mol. The third kappa shape index (κ3) is 3.50. The van der Waals surface area contributed by atoms with Crippen molar-refractivity contribution in [3.05, 3.63) is 15.8 Å². The second kappa shape index (κ2) is 5.82. The Morgan fingerprint density at radius 3 is 2.79 bits per heavy atom. The van der Waals surface area contributed by atoms with Crippen LogP contribution in [0.3, 0.4) is 0 Å². The van der Waals surface area contributed by atoms with Crippen LogP contribution in [0.1, 0.15) is 27.4 Å². The van der Waals surface area contributed by atoms with E-state index in [1.54, 1.807) is 18.7 Å². The minimum Gasteiger partial charge on any atom is -0.477 e. The number of sulfonamides is 1. The summed E-state index contributed by atoms with van der Waals surface area (Å²) in [7, 11) is -3.62. The fraction of sp³-hybridized carbons (Fsp3) is 0.545. The van der Waals surface area contributed by atoms with E-state index < -0.39 is 16.0 Å². The van der Waals surface area contributed by atoms with Crippen LogP contribution in [0.5, 0.6) is 0 Å². The zero-order chi connectivity index (χ0) is 14.0. The quantitative estimate of drug-likeness (QED) is 0.885. The molecule has 1 unspecified atom stereocenters. The van der Waals surface area contributed by atoms with Crippen LogP contribution in [0, 0.1) is 6.92 Å². The Hall–Kier alpha value is -0.570. The van der Waals surface area contributed by atoms with E-state index in [0.29, 0.717) is 4.88 Å². The predicted molar refractivity (Wildman–Crippen MR) is 76.7 cm³/mol. The first-order valence-electron chi connectivity index (χ1n) is 5.84. The molecule has 2 rings (SSSR count). The zero-order valence-electron chi connectivity index (χ0n) is 10.4. The fourth-order valence-electron chi connectivity index (χ4n) is 1.95. The first kappa shape index (κ1) is 14.8. The molecule has 0 spiro atoms. The number of aryl methyl sites for hydroxylation is 1. The van der Waals surface area contributed by atoms with Crippen molar-refractivity contribution in [1.29, 1.82) is 0 Å². The van der Waals surface area contributed by atoms with Crippen LogP contribution in [0.4, 0.5) is 0 Å². The molecule has 1 aromatic heterocycles. The Balaban J connectivity index is 2.21. The smallest absolute Gasteiger partial charge is 0.345 e. The number of hydrogen-bond acceptors (Lipinski definition) is 5. The molecule has 8 heteroatoms. The second-order valence-corrected chi connectivity index (χ2v) is 8.46. The van der Waals surface area contributed by atoms with Gasteiger partial charge in [0.2, 0.25) is 10.0 Å². The van der Waals surface area contributed by atoms with E-state index in [0.717, 1.165) is 35.7 Å². The Labute approximate surface area is 120 Å². The van der Waals surface area contributed by atoms with E-state index in [4.69, 9.17) is 5.11 Å². The lowest BCUT2D eigenvalue weighted by atomic mass is 10.2. The van der Waals surface area contributed by atoms with Crippen LogP contribution in [-0.4, -0.2) is 37.0 Å². The average Bonchev–Trinajstić information content (AvgIpc) is 2.73. The van der Waals surface area contributed by atoms with Crippen molar-refractivity contribution in [1.82, 2.24) is 4.72 Å². The van der Waals surface area contributed by atoms with Gasteiger partial charge in [-0.15, -0.1) is 11.3 Å². The van der Waals surface area contributed by atoms with Crippen molar-refractivity contribution < 1.29 is 18.3 Å². The molecular formula is C11H15NO4S3. The van der Waals surface area contributed by atoms with Gasteiger partial charge in [0.25, 0.3) is 0 Å². The summed E-state index contributed by atoms with van der Waals surface area (Å²) < 4.78 is 27.2. The maximum atomic E-state index is 12.3. The highest BCUT2D eigenvalue weighted by Gasteiger charge is 2.26. The summed E-state index contributed by atoms with van der Waals surface area (Å²) in [6.45, 7) is 1.63. The molecule has 1 fully saturated rings. The maximum absolute atomic E-state index is 12.3. The van der Waals surface area contributed by atoms with Crippen molar-refractivity contribution in [2.75, 3.05) is 11.5 Å². The number of thiophene rings is 1. The molecule has 0 aromatic carbocycles. The van der Waals surface area contributed by atoms with Crippen LogP contribution < -0.4 is 4.72 Å². The van der Waals surface area contributed by atoms with Crippen LogP contribution in [0.15, 0.2) is 11.0 Å². The van der Waals surface area contributed by atoms with Gasteiger partial charge in [-0.3, -0.25) is 0 Å². The Bertz CT molecular complexity index is 573. The van der Waals surface area contributed by atoms with Gasteiger partial charge in [-0.25, -0.2) is 17.9 Å². The van der Waals surface area contributed by atoms with E-state index in [9.17, 15) is 13.2 Å². The van der Waals surface area contributed by atoms with Gasteiger partial charge in [-0.1, -0.05) is 0 Å². The lowest BCUT2D eigenvalue weighted by Gasteiger charge is -2.22. The van der Waals surface area contributed by atoms with Gasteiger partial charge in [0, 0.05) is 16.7 Å². The summed E-state index contributed by atoms with van der Waals surface area (Å²) in [6, 6.07) is 1.18. The molecule has 1 atom stereocenters. The predicted octanol–water partition coefficient (Wildman–Crippen LogP) is 1.93. The minimum atomic E-state index is -3.62. The second-order valence-electron chi connectivity index (χ2n) is 4.37. The molecule has 2 N–H and O–H groups in total. The minimum absolute atomic E-state index is 0.0518. The highest BCUT2D eigenvalue weighted by Crippen LogP contribution is 2.27. The number of nitrogens with one attached hydrogen (secondary N) is 1. The molecule has 2 heterocycles. The molecule has 1 aliphatic rings. The van der Waals surface area contributed by atoms with Crippen molar-refractivity contribution in [2.45, 2.75) is 30.7 Å². The maximum Gasteiger partial charge on any atom is 0.345 e. The number of carboxylic acid groups (broad SMARTS) is 1. The molecule has 106 valence electrons. The fourth-order valence-corrected chi connectivity index (χ4v) is 5.83. The highest BCUT2D eigenvalue weighted by atomic mass is 32.2. The summed E-state index contributed by atoms with van der Waals surface area (Å²) in [5.41, 5.74) is 0. The average molecular weight is 321 g/mol. The summed E-state index contributed by atoms with van der Waals surface area (Å²) in [5.74, 6) is 0.746. The lowest BCUT2D eigenvalue weighted by molar-refractivity contribution is 0.0702. The molecule has 0 amide bonds. The summed E-state index contributed by atoms with van der Waals surface area (Å²) in [4.78, 5) is 11.5. The van der Waals surface area contributed by atoms with E-state index in [-0.39, 0.29) is 15.8 Å². The van der Waals surface area contributed by atoms with Gasteiger partial charge in [-0.05, 0) is 31.6 Å². The standard InChI is InChI=1S/C11H15NO4S3/c1-7-10(5-9(18-7)11(13)14)19(15,16)12-8-3-2-4-17-6-8/h5,8,12H,2-4,6H2,1H3,(H,13,14).